The standard InChI is InChI=1S/C17H25NO6/c1-24-16(23)10-9-14(20)17-12(6-5-7-13(17)19)18-11-4-2-3-8-15(21)22/h20H,2-11H2,1H3,(H,21,22)/b17-14+,18-12?. The summed E-state index contributed by atoms with van der Waals surface area (Å²) >= 11 is 0. The highest BCUT2D eigenvalue weighted by Gasteiger charge is 2.25. The predicted octanol–water partition coefficient (Wildman–Crippen LogP) is 2.59. The molecule has 1 fully saturated rings. The summed E-state index contributed by atoms with van der Waals surface area (Å²) in [5.41, 5.74) is 0.836. The van der Waals surface area contributed by atoms with E-state index in [2.05, 4.69) is 9.73 Å². The maximum absolute atomic E-state index is 12.1. The number of ketones is 1. The summed E-state index contributed by atoms with van der Waals surface area (Å²) in [6.45, 7) is 0.496. The Kier molecular flexibility index (Phi) is 8.75. The zero-order valence-electron chi connectivity index (χ0n) is 14.0. The van der Waals surface area contributed by atoms with E-state index in [0.717, 1.165) is 12.8 Å². The Hall–Kier alpha value is -2.18. The number of aliphatic hydroxyl groups excluding tert-OH is 1. The number of hydrogen-bond donors (Lipinski definition) is 2. The quantitative estimate of drug-likeness (QED) is 0.289. The highest BCUT2D eigenvalue weighted by Crippen LogP contribution is 2.23. The molecule has 1 rings (SSSR count). The van der Waals surface area contributed by atoms with Gasteiger partial charge < -0.3 is 14.9 Å². The van der Waals surface area contributed by atoms with Crippen LogP contribution in [0.4, 0.5) is 0 Å². The number of methoxy groups -OCH3 is 1. The Morgan fingerprint density at radius 2 is 1.83 bits per heavy atom. The number of aliphatic carboxylic acids is 1. The molecule has 1 aliphatic rings. The predicted molar refractivity (Wildman–Crippen MR) is 88.2 cm³/mol. The Morgan fingerprint density at radius 3 is 2.50 bits per heavy atom. The number of carboxylic acid groups (broad SMARTS) is 1. The first-order chi connectivity index (χ1) is 11.5. The van der Waals surface area contributed by atoms with Gasteiger partial charge in [0, 0.05) is 31.5 Å². The van der Waals surface area contributed by atoms with E-state index in [9.17, 15) is 19.5 Å². The maximum atomic E-state index is 12.1. The van der Waals surface area contributed by atoms with Gasteiger partial charge in [-0.1, -0.05) is 6.42 Å². The number of aliphatic hydroxyl groups is 1. The van der Waals surface area contributed by atoms with Gasteiger partial charge in [-0.15, -0.1) is 0 Å². The smallest absolute Gasteiger partial charge is 0.305 e. The molecular weight excluding hydrogens is 314 g/mol. The molecular formula is C17H25NO6. The number of Topliss-reactive ketones (excluding diaryl/α,β-unsaturated/α-hetero) is 1. The molecule has 0 aromatic carbocycles. The van der Waals surface area contributed by atoms with Crippen LogP contribution in [0.1, 0.15) is 57.8 Å². The molecule has 134 valence electrons. The fraction of sp³-hybridized carbons (Fsp3) is 0.647. The van der Waals surface area contributed by atoms with Crippen molar-refractivity contribution in [3.8, 4) is 0 Å². The molecule has 0 saturated heterocycles. The summed E-state index contributed by atoms with van der Waals surface area (Å²) in [6.07, 6.45) is 4.01. The minimum absolute atomic E-state index is 0.0155. The number of esters is 1. The number of nitrogens with zero attached hydrogens (tertiary/aromatic N) is 1. The molecule has 2 N–H and O–H groups in total. The molecule has 0 atom stereocenters. The van der Waals surface area contributed by atoms with Crippen LogP contribution in [0, 0.1) is 0 Å². The van der Waals surface area contributed by atoms with Gasteiger partial charge in [-0.25, -0.2) is 0 Å². The SMILES string of the molecule is COC(=O)CC/C(O)=C1\C(=O)CCCC1=NCCCCCC(=O)O. The van der Waals surface area contributed by atoms with Crippen molar-refractivity contribution in [2.75, 3.05) is 13.7 Å². The van der Waals surface area contributed by atoms with Gasteiger partial charge in [0.05, 0.1) is 19.1 Å². The lowest BCUT2D eigenvalue weighted by Gasteiger charge is -2.17. The third kappa shape index (κ3) is 6.93. The Bertz CT molecular complexity index is 535. The van der Waals surface area contributed by atoms with Crippen LogP contribution in [0.5, 0.6) is 0 Å². The molecule has 0 unspecified atom stereocenters. The molecule has 0 aliphatic heterocycles. The zero-order valence-corrected chi connectivity index (χ0v) is 14.0. The first-order valence-corrected chi connectivity index (χ1v) is 8.23. The van der Waals surface area contributed by atoms with E-state index in [1.54, 1.807) is 0 Å². The Morgan fingerprint density at radius 1 is 1.08 bits per heavy atom. The van der Waals surface area contributed by atoms with Gasteiger partial charge in [0.15, 0.2) is 5.78 Å². The van der Waals surface area contributed by atoms with Gasteiger partial charge in [-0.2, -0.15) is 0 Å². The Labute approximate surface area is 141 Å². The summed E-state index contributed by atoms with van der Waals surface area (Å²) in [6, 6.07) is 0. The first kappa shape index (κ1) is 19.9. The number of aliphatic imine (C=N–C) groups is 1. The lowest BCUT2D eigenvalue weighted by molar-refractivity contribution is -0.140. The summed E-state index contributed by atoms with van der Waals surface area (Å²) in [5, 5.41) is 18.7. The average Bonchev–Trinajstić information content (AvgIpc) is 2.55. The van der Waals surface area contributed by atoms with Gasteiger partial charge >= 0.3 is 11.9 Å². The molecule has 0 aromatic rings. The minimum atomic E-state index is -0.806. The minimum Gasteiger partial charge on any atom is -0.511 e. The molecule has 0 bridgehead atoms. The van der Waals surface area contributed by atoms with E-state index in [4.69, 9.17) is 5.11 Å². The summed E-state index contributed by atoms with van der Waals surface area (Å²) in [5.74, 6) is -1.50. The lowest BCUT2D eigenvalue weighted by Crippen LogP contribution is -2.22. The fourth-order valence-corrected chi connectivity index (χ4v) is 2.54. The largest absolute Gasteiger partial charge is 0.511 e. The topological polar surface area (TPSA) is 113 Å². The number of carboxylic acids is 1. The molecule has 7 nitrogen and oxygen atoms in total. The second-order valence-corrected chi connectivity index (χ2v) is 5.71. The summed E-state index contributed by atoms with van der Waals surface area (Å²) < 4.78 is 4.53. The van der Waals surface area contributed by atoms with E-state index < -0.39 is 11.9 Å². The molecule has 0 amide bonds. The highest BCUT2D eigenvalue weighted by molar-refractivity contribution is 6.24. The monoisotopic (exact) mass is 339 g/mol. The Balaban J connectivity index is 2.64. The van der Waals surface area contributed by atoms with E-state index in [-0.39, 0.29) is 36.4 Å². The van der Waals surface area contributed by atoms with E-state index in [0.29, 0.717) is 37.9 Å². The van der Waals surface area contributed by atoms with E-state index >= 15 is 0 Å². The molecule has 24 heavy (non-hydrogen) atoms. The van der Waals surface area contributed by atoms with Gasteiger partial charge in [-0.3, -0.25) is 19.4 Å². The second-order valence-electron chi connectivity index (χ2n) is 5.71. The number of hydrogen-bond acceptors (Lipinski definition) is 6. The maximum Gasteiger partial charge on any atom is 0.305 e. The number of ether oxygens (including phenoxy) is 1. The van der Waals surface area contributed by atoms with Gasteiger partial charge in [0.25, 0.3) is 0 Å². The number of carbonyl (C=O) groups is 3. The van der Waals surface area contributed by atoms with E-state index in [1.165, 1.54) is 7.11 Å². The molecule has 7 heteroatoms. The zero-order chi connectivity index (χ0) is 17.9. The van der Waals surface area contributed by atoms with Crippen molar-refractivity contribution < 1.29 is 29.3 Å². The van der Waals surface area contributed by atoms with Crippen LogP contribution in [0.25, 0.3) is 0 Å². The van der Waals surface area contributed by atoms with Crippen LogP contribution in [0.3, 0.4) is 0 Å². The molecule has 0 radical (unpaired) electrons. The fourth-order valence-electron chi connectivity index (χ4n) is 2.54. The van der Waals surface area contributed by atoms with Gasteiger partial charge in [0.1, 0.15) is 5.76 Å². The van der Waals surface area contributed by atoms with Crippen molar-refractivity contribution in [3.05, 3.63) is 11.3 Å². The third-order valence-electron chi connectivity index (χ3n) is 3.82. The van der Waals surface area contributed by atoms with Gasteiger partial charge in [0.2, 0.25) is 0 Å². The molecule has 0 heterocycles. The van der Waals surface area contributed by atoms with Crippen molar-refractivity contribution in [2.24, 2.45) is 4.99 Å². The van der Waals surface area contributed by atoms with Crippen LogP contribution in [-0.2, 0) is 19.1 Å². The number of carbonyl (C=O) groups excluding carboxylic acids is 2. The average molecular weight is 339 g/mol. The molecule has 0 spiro atoms. The third-order valence-corrected chi connectivity index (χ3v) is 3.82. The van der Waals surface area contributed by atoms with Crippen molar-refractivity contribution >= 4 is 23.4 Å². The second kappa shape index (κ2) is 10.6. The molecule has 1 aliphatic carbocycles. The normalized spacial score (nSPS) is 18.5. The van der Waals surface area contributed by atoms with Crippen LogP contribution >= 0.6 is 0 Å². The number of rotatable bonds is 9. The van der Waals surface area contributed by atoms with Crippen LogP contribution in [-0.4, -0.2) is 47.3 Å². The summed E-state index contributed by atoms with van der Waals surface area (Å²) in [4.78, 5) is 38.1. The lowest BCUT2D eigenvalue weighted by atomic mass is 9.89. The van der Waals surface area contributed by atoms with Crippen LogP contribution < -0.4 is 0 Å². The van der Waals surface area contributed by atoms with Crippen molar-refractivity contribution in [1.82, 2.24) is 0 Å². The van der Waals surface area contributed by atoms with Crippen LogP contribution in [0.15, 0.2) is 16.3 Å². The van der Waals surface area contributed by atoms with Crippen LogP contribution in [0.2, 0.25) is 0 Å². The number of unbranched alkanes of at least 4 members (excludes halogenated alkanes) is 2. The van der Waals surface area contributed by atoms with Gasteiger partial charge in [-0.05, 0) is 25.7 Å². The van der Waals surface area contributed by atoms with Crippen molar-refractivity contribution in [2.45, 2.75) is 57.8 Å². The van der Waals surface area contributed by atoms with E-state index in [1.807, 2.05) is 0 Å². The highest BCUT2D eigenvalue weighted by atomic mass is 16.5. The van der Waals surface area contributed by atoms with Crippen molar-refractivity contribution in [3.63, 3.8) is 0 Å². The first-order valence-electron chi connectivity index (χ1n) is 8.23. The van der Waals surface area contributed by atoms with Crippen molar-refractivity contribution in [1.29, 1.82) is 0 Å². The molecule has 1 saturated carbocycles. The summed E-state index contributed by atoms with van der Waals surface area (Å²) in [7, 11) is 1.27. The molecule has 0 aromatic heterocycles. The number of allylic oxidation sites excluding steroid dienone is 2.